The van der Waals surface area contributed by atoms with Gasteiger partial charge in [-0.2, -0.15) is 0 Å². The van der Waals surface area contributed by atoms with E-state index in [0.29, 0.717) is 5.92 Å². The van der Waals surface area contributed by atoms with E-state index in [1.807, 2.05) is 0 Å². The molecule has 2 unspecified atom stereocenters. The first-order valence-electron chi connectivity index (χ1n) is 5.84. The van der Waals surface area contributed by atoms with Crippen molar-refractivity contribution < 1.29 is 0 Å². The Morgan fingerprint density at radius 3 is 2.23 bits per heavy atom. The molecule has 0 aromatic carbocycles. The Labute approximate surface area is 84.4 Å². The maximum absolute atomic E-state index is 3.84. The summed E-state index contributed by atoms with van der Waals surface area (Å²) >= 11 is 0. The van der Waals surface area contributed by atoms with Gasteiger partial charge in [-0.15, -0.1) is 6.58 Å². The van der Waals surface area contributed by atoms with Gasteiger partial charge in [-0.05, 0) is 11.8 Å². The SMILES string of the molecule is C=CC(C)C(C)CCCCCCC. The van der Waals surface area contributed by atoms with E-state index in [2.05, 4.69) is 33.4 Å². The first-order chi connectivity index (χ1) is 6.22. The van der Waals surface area contributed by atoms with E-state index in [4.69, 9.17) is 0 Å². The zero-order valence-electron chi connectivity index (χ0n) is 9.68. The normalized spacial score (nSPS) is 15.3. The first-order valence-corrected chi connectivity index (χ1v) is 5.84. The summed E-state index contributed by atoms with van der Waals surface area (Å²) in [5.74, 6) is 1.50. The molecule has 0 nitrogen and oxygen atoms in total. The highest BCUT2D eigenvalue weighted by atomic mass is 14.1. The smallest absolute Gasteiger partial charge is 0.0239 e. The average molecular weight is 182 g/mol. The summed E-state index contributed by atoms with van der Waals surface area (Å²) in [7, 11) is 0. The summed E-state index contributed by atoms with van der Waals surface area (Å²) in [4.78, 5) is 0. The Balaban J connectivity index is 3.26. The minimum atomic E-state index is 0.686. The highest BCUT2D eigenvalue weighted by molar-refractivity contribution is 4.78. The van der Waals surface area contributed by atoms with Crippen molar-refractivity contribution in [2.75, 3.05) is 0 Å². The van der Waals surface area contributed by atoms with Crippen molar-refractivity contribution >= 4 is 0 Å². The molecule has 0 aromatic rings. The van der Waals surface area contributed by atoms with Crippen molar-refractivity contribution in [1.29, 1.82) is 0 Å². The molecule has 0 spiro atoms. The molecule has 78 valence electrons. The van der Waals surface area contributed by atoms with Crippen molar-refractivity contribution in [3.63, 3.8) is 0 Å². The molecule has 2 atom stereocenters. The molecule has 0 heteroatoms. The predicted molar refractivity (Wildman–Crippen MR) is 61.9 cm³/mol. The molecule has 0 bridgehead atoms. The summed E-state index contributed by atoms with van der Waals surface area (Å²) in [6.45, 7) is 10.7. The maximum Gasteiger partial charge on any atom is -0.0239 e. The van der Waals surface area contributed by atoms with E-state index in [-0.39, 0.29) is 0 Å². The van der Waals surface area contributed by atoms with E-state index in [0.717, 1.165) is 5.92 Å². The Hall–Kier alpha value is -0.260. The number of hydrogen-bond donors (Lipinski definition) is 0. The number of hydrogen-bond acceptors (Lipinski definition) is 0. The lowest BCUT2D eigenvalue weighted by molar-refractivity contribution is 0.406. The van der Waals surface area contributed by atoms with Gasteiger partial charge in [0.25, 0.3) is 0 Å². The highest BCUT2D eigenvalue weighted by Crippen LogP contribution is 2.19. The van der Waals surface area contributed by atoms with Gasteiger partial charge in [-0.3, -0.25) is 0 Å². The van der Waals surface area contributed by atoms with Gasteiger partial charge in [-0.1, -0.05) is 65.4 Å². The van der Waals surface area contributed by atoms with Gasteiger partial charge in [0.1, 0.15) is 0 Å². The van der Waals surface area contributed by atoms with Gasteiger partial charge < -0.3 is 0 Å². The molecular formula is C13H26. The lowest BCUT2D eigenvalue weighted by Gasteiger charge is -2.15. The van der Waals surface area contributed by atoms with Crippen molar-refractivity contribution in [2.24, 2.45) is 11.8 Å². The zero-order valence-corrected chi connectivity index (χ0v) is 9.68. The van der Waals surface area contributed by atoms with Gasteiger partial charge in [-0.25, -0.2) is 0 Å². The van der Waals surface area contributed by atoms with E-state index in [9.17, 15) is 0 Å². The van der Waals surface area contributed by atoms with Gasteiger partial charge in [0.15, 0.2) is 0 Å². The standard InChI is InChI=1S/C13H26/c1-5-7-8-9-10-11-13(4)12(3)6-2/h6,12-13H,2,5,7-11H2,1,3-4H3. The molecule has 0 rings (SSSR count). The van der Waals surface area contributed by atoms with Crippen LogP contribution in [-0.2, 0) is 0 Å². The number of unbranched alkanes of at least 4 members (excludes halogenated alkanes) is 4. The van der Waals surface area contributed by atoms with Crippen LogP contribution in [0.2, 0.25) is 0 Å². The monoisotopic (exact) mass is 182 g/mol. The molecule has 0 heterocycles. The lowest BCUT2D eigenvalue weighted by Crippen LogP contribution is -2.04. The van der Waals surface area contributed by atoms with Crippen LogP contribution in [0.5, 0.6) is 0 Å². The van der Waals surface area contributed by atoms with Crippen LogP contribution in [0, 0.1) is 11.8 Å². The van der Waals surface area contributed by atoms with Gasteiger partial charge in [0.2, 0.25) is 0 Å². The second-order valence-corrected chi connectivity index (χ2v) is 4.27. The van der Waals surface area contributed by atoms with Gasteiger partial charge in [0, 0.05) is 0 Å². The van der Waals surface area contributed by atoms with Crippen LogP contribution in [0.15, 0.2) is 12.7 Å². The maximum atomic E-state index is 3.84. The van der Waals surface area contributed by atoms with E-state index >= 15 is 0 Å². The molecule has 0 N–H and O–H groups in total. The Morgan fingerprint density at radius 1 is 1.08 bits per heavy atom. The summed E-state index contributed by atoms with van der Waals surface area (Å²) in [5, 5.41) is 0. The van der Waals surface area contributed by atoms with Crippen molar-refractivity contribution in [3.05, 3.63) is 12.7 Å². The van der Waals surface area contributed by atoms with Crippen molar-refractivity contribution in [3.8, 4) is 0 Å². The first kappa shape index (κ1) is 12.7. The zero-order chi connectivity index (χ0) is 10.1. The second kappa shape index (κ2) is 8.34. The third-order valence-electron chi connectivity index (χ3n) is 3.03. The van der Waals surface area contributed by atoms with Crippen LogP contribution in [0.25, 0.3) is 0 Å². The third kappa shape index (κ3) is 6.86. The molecular weight excluding hydrogens is 156 g/mol. The molecule has 0 fully saturated rings. The molecule has 0 aromatic heterocycles. The predicted octanol–water partition coefficient (Wildman–Crippen LogP) is 4.81. The Bertz CT molecular complexity index is 115. The Morgan fingerprint density at radius 2 is 1.69 bits per heavy atom. The van der Waals surface area contributed by atoms with Crippen LogP contribution >= 0.6 is 0 Å². The quantitative estimate of drug-likeness (QED) is 0.373. The van der Waals surface area contributed by atoms with Crippen molar-refractivity contribution in [1.82, 2.24) is 0 Å². The minimum absolute atomic E-state index is 0.686. The molecule has 0 aliphatic heterocycles. The summed E-state index contributed by atoms with van der Waals surface area (Å²) in [6, 6.07) is 0. The highest BCUT2D eigenvalue weighted by Gasteiger charge is 2.07. The summed E-state index contributed by atoms with van der Waals surface area (Å²) < 4.78 is 0. The van der Waals surface area contributed by atoms with Crippen LogP contribution in [0.4, 0.5) is 0 Å². The fourth-order valence-electron chi connectivity index (χ4n) is 1.57. The molecule has 0 saturated heterocycles. The fourth-order valence-corrected chi connectivity index (χ4v) is 1.57. The van der Waals surface area contributed by atoms with Gasteiger partial charge >= 0.3 is 0 Å². The van der Waals surface area contributed by atoms with E-state index < -0.39 is 0 Å². The van der Waals surface area contributed by atoms with E-state index in [1.54, 1.807) is 0 Å². The molecule has 0 aliphatic rings. The second-order valence-electron chi connectivity index (χ2n) is 4.27. The lowest BCUT2D eigenvalue weighted by atomic mass is 9.91. The van der Waals surface area contributed by atoms with Crippen molar-refractivity contribution in [2.45, 2.75) is 59.3 Å². The molecule has 0 aliphatic carbocycles. The molecule has 0 saturated carbocycles. The summed E-state index contributed by atoms with van der Waals surface area (Å²) in [6.07, 6.45) is 10.4. The number of allylic oxidation sites excluding steroid dienone is 1. The van der Waals surface area contributed by atoms with Crippen LogP contribution in [0.1, 0.15) is 59.3 Å². The third-order valence-corrected chi connectivity index (χ3v) is 3.03. The van der Waals surface area contributed by atoms with Crippen LogP contribution < -0.4 is 0 Å². The Kier molecular flexibility index (Phi) is 8.18. The largest absolute Gasteiger partial charge is 0.103 e. The molecule has 13 heavy (non-hydrogen) atoms. The van der Waals surface area contributed by atoms with Crippen LogP contribution in [-0.4, -0.2) is 0 Å². The fraction of sp³-hybridized carbons (Fsp3) is 0.846. The van der Waals surface area contributed by atoms with E-state index in [1.165, 1.54) is 38.5 Å². The minimum Gasteiger partial charge on any atom is -0.103 e. The van der Waals surface area contributed by atoms with Gasteiger partial charge in [0.05, 0.1) is 0 Å². The molecule has 0 amide bonds. The topological polar surface area (TPSA) is 0 Å². The summed E-state index contributed by atoms with van der Waals surface area (Å²) in [5.41, 5.74) is 0. The number of rotatable bonds is 8. The molecule has 0 radical (unpaired) electrons. The average Bonchev–Trinajstić information content (AvgIpc) is 2.16. The van der Waals surface area contributed by atoms with Crippen LogP contribution in [0.3, 0.4) is 0 Å².